The van der Waals surface area contributed by atoms with Crippen molar-refractivity contribution in [2.75, 3.05) is 6.54 Å². The highest BCUT2D eigenvalue weighted by Crippen LogP contribution is 2.31. The summed E-state index contributed by atoms with van der Waals surface area (Å²) in [5.41, 5.74) is -0.735. The number of hydrogen-bond acceptors (Lipinski definition) is 10. The largest absolute Gasteiger partial charge is 0.480 e. The highest BCUT2D eigenvalue weighted by Gasteiger charge is 2.46. The van der Waals surface area contributed by atoms with Crippen LogP contribution in [0.1, 0.15) is 6.42 Å². The predicted molar refractivity (Wildman–Crippen MR) is 108 cm³/mol. The van der Waals surface area contributed by atoms with Gasteiger partial charge in [-0.1, -0.05) is 0 Å². The second-order valence-corrected chi connectivity index (χ2v) is 10.3. The number of carbonyl (C=O) groups is 1. The molecule has 33 heavy (non-hydrogen) atoms. The molecule has 0 saturated carbocycles. The molecule has 0 amide bonds. The van der Waals surface area contributed by atoms with Crippen LogP contribution in [0.2, 0.25) is 0 Å². The summed E-state index contributed by atoms with van der Waals surface area (Å²) >= 11 is 0. The number of hydrogen-bond donors (Lipinski definition) is 1. The van der Waals surface area contributed by atoms with Crippen molar-refractivity contribution in [3.05, 3.63) is 68.8 Å². The van der Waals surface area contributed by atoms with Gasteiger partial charge in [0.1, 0.15) is 6.04 Å². The van der Waals surface area contributed by atoms with Gasteiger partial charge in [-0.15, -0.1) is 0 Å². The molecule has 1 aliphatic rings. The van der Waals surface area contributed by atoms with E-state index in [4.69, 9.17) is 4.18 Å². The second kappa shape index (κ2) is 8.81. The lowest BCUT2D eigenvalue weighted by Crippen LogP contribution is -2.40. The van der Waals surface area contributed by atoms with Gasteiger partial charge in [0, 0.05) is 37.2 Å². The molecule has 2 aromatic carbocycles. The summed E-state index contributed by atoms with van der Waals surface area (Å²) in [5.74, 6) is -1.54. The average Bonchev–Trinajstić information content (AvgIpc) is 3.18. The van der Waals surface area contributed by atoms with E-state index < -0.39 is 70.9 Å². The minimum absolute atomic E-state index is 0.360. The standard InChI is InChI=1S/C17H15N3O11S2/c21-17(22)16-9-13(31-33(29,30)15-7-3-12(4-8-15)20(25)26)10-18(16)32(27,28)14-5-1-11(2-6-14)19(23)24/h1-8,13,16H,9-10H2,(H,21,22). The Hall–Kier alpha value is -3.47. The third kappa shape index (κ3) is 4.98. The minimum Gasteiger partial charge on any atom is -0.480 e. The van der Waals surface area contributed by atoms with Crippen molar-refractivity contribution < 1.29 is 40.8 Å². The van der Waals surface area contributed by atoms with Crippen LogP contribution < -0.4 is 0 Å². The smallest absolute Gasteiger partial charge is 0.322 e. The molecule has 1 fully saturated rings. The number of sulfonamides is 1. The molecule has 1 aliphatic heterocycles. The van der Waals surface area contributed by atoms with Gasteiger partial charge < -0.3 is 5.11 Å². The van der Waals surface area contributed by atoms with Crippen molar-refractivity contribution in [2.45, 2.75) is 28.4 Å². The number of nitrogens with zero attached hydrogens (tertiary/aromatic N) is 3. The van der Waals surface area contributed by atoms with Crippen LogP contribution in [0.15, 0.2) is 58.3 Å². The molecule has 0 spiro atoms. The van der Waals surface area contributed by atoms with Gasteiger partial charge in [-0.3, -0.25) is 29.2 Å². The molecule has 1 heterocycles. The molecule has 16 heteroatoms. The van der Waals surface area contributed by atoms with Crippen LogP contribution in [0, 0.1) is 20.2 Å². The molecule has 2 unspecified atom stereocenters. The number of nitro benzene ring substituents is 2. The maximum Gasteiger partial charge on any atom is 0.322 e. The maximum atomic E-state index is 12.9. The van der Waals surface area contributed by atoms with Crippen LogP contribution in [-0.2, 0) is 29.1 Å². The van der Waals surface area contributed by atoms with Crippen LogP contribution in [0.4, 0.5) is 11.4 Å². The molecular weight excluding hydrogens is 486 g/mol. The molecule has 2 aromatic rings. The van der Waals surface area contributed by atoms with E-state index in [-0.39, 0.29) is 11.4 Å². The molecule has 0 aliphatic carbocycles. The first-order chi connectivity index (χ1) is 15.3. The summed E-state index contributed by atoms with van der Waals surface area (Å²) < 4.78 is 56.4. The van der Waals surface area contributed by atoms with Gasteiger partial charge in [-0.2, -0.15) is 12.7 Å². The third-order valence-electron chi connectivity index (χ3n) is 4.76. The SMILES string of the molecule is O=C(O)C1CC(OS(=O)(=O)c2ccc([N+](=O)[O-])cc2)CN1S(=O)(=O)c1ccc([N+](=O)[O-])cc1. The van der Waals surface area contributed by atoms with Gasteiger partial charge in [-0.05, 0) is 24.3 Å². The number of benzene rings is 2. The summed E-state index contributed by atoms with van der Waals surface area (Å²) in [6, 6.07) is 5.85. The van der Waals surface area contributed by atoms with Gasteiger partial charge in [-0.25, -0.2) is 8.42 Å². The van der Waals surface area contributed by atoms with Gasteiger partial charge in [0.25, 0.3) is 21.5 Å². The molecule has 0 radical (unpaired) electrons. The Morgan fingerprint density at radius 3 is 1.79 bits per heavy atom. The zero-order valence-electron chi connectivity index (χ0n) is 16.4. The zero-order chi connectivity index (χ0) is 24.6. The summed E-state index contributed by atoms with van der Waals surface area (Å²) in [5, 5.41) is 30.9. The van der Waals surface area contributed by atoms with E-state index >= 15 is 0 Å². The van der Waals surface area contributed by atoms with Gasteiger partial charge in [0.05, 0.1) is 25.7 Å². The Balaban J connectivity index is 1.85. The molecule has 1 saturated heterocycles. The molecule has 0 bridgehead atoms. The van der Waals surface area contributed by atoms with Crippen molar-refractivity contribution in [3.8, 4) is 0 Å². The molecular formula is C17H15N3O11S2. The summed E-state index contributed by atoms with van der Waals surface area (Å²) in [6.45, 7) is -0.623. The Labute approximate surface area is 186 Å². The lowest BCUT2D eigenvalue weighted by Gasteiger charge is -2.20. The van der Waals surface area contributed by atoms with Crippen LogP contribution in [0.25, 0.3) is 0 Å². The normalized spacial score (nSPS) is 19.3. The fourth-order valence-electron chi connectivity index (χ4n) is 3.17. The molecule has 3 rings (SSSR count). The lowest BCUT2D eigenvalue weighted by atomic mass is 10.2. The first-order valence-electron chi connectivity index (χ1n) is 9.00. The van der Waals surface area contributed by atoms with Crippen molar-refractivity contribution >= 4 is 37.5 Å². The van der Waals surface area contributed by atoms with E-state index in [0.29, 0.717) is 4.31 Å². The van der Waals surface area contributed by atoms with Crippen molar-refractivity contribution in [3.63, 3.8) is 0 Å². The van der Waals surface area contributed by atoms with Crippen LogP contribution >= 0.6 is 0 Å². The predicted octanol–water partition coefficient (Wildman–Crippen LogP) is 1.12. The monoisotopic (exact) mass is 501 g/mol. The van der Waals surface area contributed by atoms with Gasteiger partial charge in [0.2, 0.25) is 10.0 Å². The van der Waals surface area contributed by atoms with E-state index in [0.717, 1.165) is 48.5 Å². The molecule has 1 N–H and O–H groups in total. The van der Waals surface area contributed by atoms with Gasteiger partial charge >= 0.3 is 5.97 Å². The molecule has 2 atom stereocenters. The summed E-state index contributed by atoms with van der Waals surface area (Å²) in [7, 11) is -8.96. The van der Waals surface area contributed by atoms with E-state index in [1.54, 1.807) is 0 Å². The van der Waals surface area contributed by atoms with Crippen LogP contribution in [0.3, 0.4) is 0 Å². The Morgan fingerprint density at radius 2 is 1.36 bits per heavy atom. The molecule has 14 nitrogen and oxygen atoms in total. The summed E-state index contributed by atoms with van der Waals surface area (Å²) in [6.07, 6.45) is -1.85. The van der Waals surface area contributed by atoms with Crippen LogP contribution in [0.5, 0.6) is 0 Å². The Kier molecular flexibility index (Phi) is 6.46. The number of carboxylic acid groups (broad SMARTS) is 1. The number of carboxylic acids is 1. The fourth-order valence-corrected chi connectivity index (χ4v) is 5.88. The lowest BCUT2D eigenvalue weighted by molar-refractivity contribution is -0.385. The Morgan fingerprint density at radius 1 is 0.909 bits per heavy atom. The highest BCUT2D eigenvalue weighted by atomic mass is 32.2. The summed E-state index contributed by atoms with van der Waals surface area (Å²) in [4.78, 5) is 30.8. The number of non-ortho nitro benzene ring substituents is 2. The fraction of sp³-hybridized carbons (Fsp3) is 0.235. The van der Waals surface area contributed by atoms with Crippen molar-refractivity contribution in [1.29, 1.82) is 0 Å². The number of nitro groups is 2. The zero-order valence-corrected chi connectivity index (χ0v) is 18.0. The van der Waals surface area contributed by atoms with E-state index in [1.165, 1.54) is 0 Å². The van der Waals surface area contributed by atoms with E-state index in [9.17, 15) is 47.0 Å². The van der Waals surface area contributed by atoms with E-state index in [1.807, 2.05) is 0 Å². The maximum absolute atomic E-state index is 12.9. The molecule has 176 valence electrons. The second-order valence-electron chi connectivity index (χ2n) is 6.84. The Bertz CT molecular complexity index is 1310. The average molecular weight is 501 g/mol. The minimum atomic E-state index is -4.50. The van der Waals surface area contributed by atoms with Crippen molar-refractivity contribution in [1.82, 2.24) is 4.31 Å². The first kappa shape index (κ1) is 24.2. The quantitative estimate of drug-likeness (QED) is 0.308. The topological polar surface area (TPSA) is 204 Å². The molecule has 0 aromatic heterocycles. The third-order valence-corrected chi connectivity index (χ3v) is 8.02. The van der Waals surface area contributed by atoms with E-state index in [2.05, 4.69) is 0 Å². The highest BCUT2D eigenvalue weighted by molar-refractivity contribution is 7.89. The first-order valence-corrected chi connectivity index (χ1v) is 11.8. The number of aliphatic carboxylic acids is 1. The van der Waals surface area contributed by atoms with Gasteiger partial charge in [0.15, 0.2) is 0 Å². The van der Waals surface area contributed by atoms with Crippen molar-refractivity contribution in [2.24, 2.45) is 0 Å². The van der Waals surface area contributed by atoms with Crippen LogP contribution in [-0.4, -0.2) is 60.8 Å². The number of rotatable bonds is 8.